The summed E-state index contributed by atoms with van der Waals surface area (Å²) in [7, 11) is 3.18. The Morgan fingerprint density at radius 3 is 2.30 bits per heavy atom. The van der Waals surface area contributed by atoms with Crippen LogP contribution in [0.1, 0.15) is 18.4 Å². The Kier molecular flexibility index (Phi) is 5.33. The van der Waals surface area contributed by atoms with Gasteiger partial charge in [-0.2, -0.15) is 4.52 Å². The second kappa shape index (κ2) is 8.32. The number of hydrogen-bond donors (Lipinski definition) is 1. The molecule has 170 valence electrons. The van der Waals surface area contributed by atoms with E-state index in [2.05, 4.69) is 20.2 Å². The van der Waals surface area contributed by atoms with Crippen LogP contribution in [0.5, 0.6) is 11.5 Å². The van der Waals surface area contributed by atoms with Crippen LogP contribution < -0.4 is 14.4 Å². The third kappa shape index (κ3) is 3.84. The minimum absolute atomic E-state index is 0.342. The SMILES string of the molecule is COc1cc(OC)cc(C2(O)CCN(c3ccc4nnc(-c5ccccc5F)n4n3)CC2)c1. The van der Waals surface area contributed by atoms with Crippen molar-refractivity contribution in [3.8, 4) is 22.9 Å². The number of methoxy groups -OCH3 is 2. The van der Waals surface area contributed by atoms with Crippen molar-refractivity contribution < 1.29 is 19.0 Å². The summed E-state index contributed by atoms with van der Waals surface area (Å²) in [6.07, 6.45) is 1.01. The maximum atomic E-state index is 14.3. The van der Waals surface area contributed by atoms with Crippen molar-refractivity contribution >= 4 is 11.5 Å². The molecule has 1 aliphatic rings. The number of piperidine rings is 1. The van der Waals surface area contributed by atoms with Gasteiger partial charge in [-0.25, -0.2) is 4.39 Å². The number of ether oxygens (including phenoxy) is 2. The zero-order chi connectivity index (χ0) is 23.0. The van der Waals surface area contributed by atoms with E-state index in [4.69, 9.17) is 9.47 Å². The van der Waals surface area contributed by atoms with Gasteiger partial charge in [0.2, 0.25) is 0 Å². The number of aliphatic hydroxyl groups is 1. The van der Waals surface area contributed by atoms with E-state index < -0.39 is 5.60 Å². The molecule has 0 saturated carbocycles. The van der Waals surface area contributed by atoms with Crippen LogP contribution in [0.15, 0.2) is 54.6 Å². The Morgan fingerprint density at radius 2 is 1.64 bits per heavy atom. The van der Waals surface area contributed by atoms with Crippen molar-refractivity contribution in [2.75, 3.05) is 32.2 Å². The zero-order valence-corrected chi connectivity index (χ0v) is 18.4. The van der Waals surface area contributed by atoms with Gasteiger partial charge in [-0.1, -0.05) is 12.1 Å². The van der Waals surface area contributed by atoms with Crippen LogP contribution in [-0.4, -0.2) is 52.2 Å². The first kappa shape index (κ1) is 21.1. The fourth-order valence-corrected chi connectivity index (χ4v) is 4.23. The molecular formula is C24H24FN5O3. The zero-order valence-electron chi connectivity index (χ0n) is 18.4. The Morgan fingerprint density at radius 1 is 0.939 bits per heavy atom. The molecule has 1 fully saturated rings. The molecule has 0 atom stereocenters. The summed E-state index contributed by atoms with van der Waals surface area (Å²) in [6.45, 7) is 1.18. The minimum atomic E-state index is -1.00. The molecule has 5 rings (SSSR count). The highest BCUT2D eigenvalue weighted by Crippen LogP contribution is 2.37. The van der Waals surface area contributed by atoms with Crippen LogP contribution in [0.4, 0.5) is 10.2 Å². The molecule has 0 unspecified atom stereocenters. The summed E-state index contributed by atoms with van der Waals surface area (Å²) in [5, 5.41) is 24.3. The predicted octanol–water partition coefficient (Wildman–Crippen LogP) is 3.44. The first-order chi connectivity index (χ1) is 16.0. The Balaban J connectivity index is 1.41. The molecule has 0 aliphatic carbocycles. The molecular weight excluding hydrogens is 425 g/mol. The molecule has 2 aromatic heterocycles. The van der Waals surface area contributed by atoms with Crippen LogP contribution in [0.2, 0.25) is 0 Å². The van der Waals surface area contributed by atoms with Crippen molar-refractivity contribution in [2.45, 2.75) is 18.4 Å². The standard InChI is InChI=1S/C24H24FN5O3/c1-32-17-13-16(14-18(15-17)33-2)24(31)9-11-29(12-10-24)22-8-7-21-26-27-23(30(21)28-22)19-5-3-4-6-20(19)25/h3-8,13-15,31H,9-12H2,1-2H3. The molecule has 0 radical (unpaired) electrons. The quantitative estimate of drug-likeness (QED) is 0.500. The molecule has 33 heavy (non-hydrogen) atoms. The summed E-state index contributed by atoms with van der Waals surface area (Å²) < 4.78 is 26.6. The lowest BCUT2D eigenvalue weighted by Crippen LogP contribution is -2.43. The number of halogens is 1. The Bertz CT molecular complexity index is 1280. The molecule has 8 nitrogen and oxygen atoms in total. The van der Waals surface area contributed by atoms with E-state index in [1.165, 1.54) is 6.07 Å². The lowest BCUT2D eigenvalue weighted by Gasteiger charge is -2.39. The molecule has 4 aromatic rings. The lowest BCUT2D eigenvalue weighted by atomic mass is 9.84. The smallest absolute Gasteiger partial charge is 0.188 e. The third-order valence-corrected chi connectivity index (χ3v) is 6.17. The predicted molar refractivity (Wildman–Crippen MR) is 121 cm³/mol. The number of fused-ring (bicyclic) bond motifs is 1. The maximum absolute atomic E-state index is 14.3. The van der Waals surface area contributed by atoms with Gasteiger partial charge in [-0.3, -0.25) is 0 Å². The molecule has 1 aliphatic heterocycles. The van der Waals surface area contributed by atoms with E-state index in [-0.39, 0.29) is 5.82 Å². The van der Waals surface area contributed by atoms with E-state index in [1.54, 1.807) is 43.0 Å². The van der Waals surface area contributed by atoms with Gasteiger partial charge in [0.1, 0.15) is 23.1 Å². The lowest BCUT2D eigenvalue weighted by molar-refractivity contribution is 0.0112. The van der Waals surface area contributed by atoms with Crippen LogP contribution in [0.25, 0.3) is 17.0 Å². The third-order valence-electron chi connectivity index (χ3n) is 6.17. The van der Waals surface area contributed by atoms with Gasteiger partial charge >= 0.3 is 0 Å². The van der Waals surface area contributed by atoms with Crippen molar-refractivity contribution in [1.82, 2.24) is 19.8 Å². The van der Waals surface area contributed by atoms with Gasteiger partial charge in [0.25, 0.3) is 0 Å². The van der Waals surface area contributed by atoms with Crippen LogP contribution in [0, 0.1) is 5.82 Å². The van der Waals surface area contributed by atoms with Crippen molar-refractivity contribution in [3.05, 3.63) is 66.0 Å². The summed E-state index contributed by atoms with van der Waals surface area (Å²) in [5.41, 5.74) is 0.642. The van der Waals surface area contributed by atoms with Gasteiger partial charge in [0.05, 0.1) is 25.4 Å². The fourth-order valence-electron chi connectivity index (χ4n) is 4.23. The van der Waals surface area contributed by atoms with E-state index in [0.717, 1.165) is 5.56 Å². The first-order valence-electron chi connectivity index (χ1n) is 10.7. The molecule has 1 saturated heterocycles. The van der Waals surface area contributed by atoms with E-state index in [1.807, 2.05) is 24.3 Å². The number of aromatic nitrogens is 4. The highest BCUT2D eigenvalue weighted by molar-refractivity contribution is 5.60. The average molecular weight is 449 g/mol. The first-order valence-corrected chi connectivity index (χ1v) is 10.7. The van der Waals surface area contributed by atoms with Crippen molar-refractivity contribution in [3.63, 3.8) is 0 Å². The van der Waals surface area contributed by atoms with Gasteiger partial charge in [-0.15, -0.1) is 15.3 Å². The van der Waals surface area contributed by atoms with E-state index in [9.17, 15) is 9.50 Å². The summed E-state index contributed by atoms with van der Waals surface area (Å²) in [6, 6.07) is 15.6. The molecule has 1 N–H and O–H groups in total. The van der Waals surface area contributed by atoms with Crippen molar-refractivity contribution in [1.29, 1.82) is 0 Å². The molecule has 2 aromatic carbocycles. The molecule has 0 amide bonds. The van der Waals surface area contributed by atoms with E-state index >= 15 is 0 Å². The number of rotatable bonds is 5. The van der Waals surface area contributed by atoms with Crippen molar-refractivity contribution in [2.24, 2.45) is 0 Å². The number of nitrogens with zero attached hydrogens (tertiary/aromatic N) is 5. The van der Waals surface area contributed by atoms with Gasteiger partial charge in [0.15, 0.2) is 11.5 Å². The normalized spacial score (nSPS) is 15.6. The topological polar surface area (TPSA) is 85.0 Å². The molecule has 9 heteroatoms. The molecule has 0 bridgehead atoms. The molecule has 0 spiro atoms. The monoisotopic (exact) mass is 449 g/mol. The Hall–Kier alpha value is -3.72. The number of benzene rings is 2. The summed E-state index contributed by atoms with van der Waals surface area (Å²) in [4.78, 5) is 2.09. The van der Waals surface area contributed by atoms with Crippen LogP contribution in [-0.2, 0) is 5.60 Å². The fraction of sp³-hybridized carbons (Fsp3) is 0.292. The van der Waals surface area contributed by atoms with E-state index in [0.29, 0.717) is 60.3 Å². The second-order valence-electron chi connectivity index (χ2n) is 8.08. The average Bonchev–Trinajstić information content (AvgIpc) is 3.27. The number of anilines is 1. The van der Waals surface area contributed by atoms with Crippen LogP contribution in [0.3, 0.4) is 0 Å². The van der Waals surface area contributed by atoms with Gasteiger partial charge in [0, 0.05) is 19.2 Å². The number of hydrogen-bond acceptors (Lipinski definition) is 7. The highest BCUT2D eigenvalue weighted by atomic mass is 19.1. The summed E-state index contributed by atoms with van der Waals surface area (Å²) >= 11 is 0. The highest BCUT2D eigenvalue weighted by Gasteiger charge is 2.35. The van der Waals surface area contributed by atoms with Crippen LogP contribution >= 0.6 is 0 Å². The largest absolute Gasteiger partial charge is 0.497 e. The van der Waals surface area contributed by atoms with Gasteiger partial charge < -0.3 is 19.5 Å². The Labute approximate surface area is 190 Å². The maximum Gasteiger partial charge on any atom is 0.188 e. The van der Waals surface area contributed by atoms with Gasteiger partial charge in [-0.05, 0) is 54.8 Å². The molecule has 3 heterocycles. The minimum Gasteiger partial charge on any atom is -0.497 e. The second-order valence-corrected chi connectivity index (χ2v) is 8.08. The summed E-state index contributed by atoms with van der Waals surface area (Å²) in [5.74, 6) is 1.96.